The number of nitrogens with zero attached hydrogens (tertiary/aromatic N) is 2. The molecule has 0 spiro atoms. The van der Waals surface area contributed by atoms with Crippen molar-refractivity contribution < 1.29 is 4.74 Å². The molecule has 0 amide bonds. The zero-order chi connectivity index (χ0) is 14.7. The van der Waals surface area contributed by atoms with Crippen molar-refractivity contribution >= 4 is 10.8 Å². The van der Waals surface area contributed by atoms with Crippen molar-refractivity contribution in [3.8, 4) is 5.88 Å². The molecule has 4 heteroatoms. The Morgan fingerprint density at radius 2 is 2.05 bits per heavy atom. The summed E-state index contributed by atoms with van der Waals surface area (Å²) in [5, 5.41) is 5.46. The fourth-order valence-electron chi connectivity index (χ4n) is 2.84. The fourth-order valence-corrected chi connectivity index (χ4v) is 2.84. The topological polar surface area (TPSA) is 37.4 Å². The highest BCUT2D eigenvalue weighted by molar-refractivity contribution is 5.87. The number of fused-ring (bicyclic) bond motifs is 1. The van der Waals surface area contributed by atoms with Crippen LogP contribution in [0.1, 0.15) is 18.5 Å². The molecule has 0 unspecified atom stereocenters. The van der Waals surface area contributed by atoms with Crippen molar-refractivity contribution in [2.45, 2.75) is 25.5 Å². The minimum atomic E-state index is 0.280. The van der Waals surface area contributed by atoms with Crippen LogP contribution in [0, 0.1) is 0 Å². The van der Waals surface area contributed by atoms with E-state index in [9.17, 15) is 0 Å². The molecule has 4 nitrogen and oxygen atoms in total. The molecule has 1 saturated heterocycles. The van der Waals surface area contributed by atoms with Gasteiger partial charge in [0, 0.05) is 25.0 Å². The third-order valence-corrected chi connectivity index (χ3v) is 4.06. The fraction of sp³-hybridized carbons (Fsp3) is 0.471. The van der Waals surface area contributed by atoms with Crippen LogP contribution in [0.4, 0.5) is 0 Å². The van der Waals surface area contributed by atoms with Gasteiger partial charge in [-0.2, -0.15) is 0 Å². The molecule has 1 aromatic carbocycles. The van der Waals surface area contributed by atoms with Gasteiger partial charge in [-0.1, -0.05) is 18.2 Å². The van der Waals surface area contributed by atoms with Crippen molar-refractivity contribution in [1.82, 2.24) is 15.2 Å². The van der Waals surface area contributed by atoms with Gasteiger partial charge in [0.2, 0.25) is 5.88 Å². The van der Waals surface area contributed by atoms with Crippen molar-refractivity contribution in [2.75, 3.05) is 27.2 Å². The molecule has 0 bridgehead atoms. The molecule has 1 aliphatic heterocycles. The lowest BCUT2D eigenvalue weighted by molar-refractivity contribution is 0.111. The summed E-state index contributed by atoms with van der Waals surface area (Å²) >= 11 is 0. The van der Waals surface area contributed by atoms with E-state index in [1.165, 1.54) is 5.39 Å². The number of benzene rings is 1. The van der Waals surface area contributed by atoms with E-state index in [-0.39, 0.29) is 6.10 Å². The first-order valence-electron chi connectivity index (χ1n) is 7.65. The molecule has 0 radical (unpaired) electrons. The smallest absolute Gasteiger partial charge is 0.221 e. The number of piperidine rings is 1. The SMILES string of the molecule is CNCc1cc2ccccc2c(OC2CCN(C)CC2)n1. The summed E-state index contributed by atoms with van der Waals surface area (Å²) in [7, 11) is 4.10. The zero-order valence-electron chi connectivity index (χ0n) is 12.8. The number of likely N-dealkylation sites (tertiary alicyclic amines) is 1. The Labute approximate surface area is 126 Å². The van der Waals surface area contributed by atoms with Crippen LogP contribution >= 0.6 is 0 Å². The molecule has 0 saturated carbocycles. The largest absolute Gasteiger partial charge is 0.474 e. The maximum atomic E-state index is 6.24. The van der Waals surface area contributed by atoms with E-state index < -0.39 is 0 Å². The number of ether oxygens (including phenoxy) is 1. The Balaban J connectivity index is 1.88. The maximum absolute atomic E-state index is 6.24. The van der Waals surface area contributed by atoms with Gasteiger partial charge in [-0.3, -0.25) is 0 Å². The minimum Gasteiger partial charge on any atom is -0.474 e. The van der Waals surface area contributed by atoms with Crippen LogP contribution in [-0.2, 0) is 6.54 Å². The van der Waals surface area contributed by atoms with Crippen LogP contribution in [-0.4, -0.2) is 43.2 Å². The third-order valence-electron chi connectivity index (χ3n) is 4.06. The summed E-state index contributed by atoms with van der Waals surface area (Å²) in [4.78, 5) is 7.06. The molecule has 0 atom stereocenters. The second kappa shape index (κ2) is 6.41. The molecule has 2 aromatic rings. The van der Waals surface area contributed by atoms with Gasteiger partial charge < -0.3 is 15.0 Å². The number of hydrogen-bond acceptors (Lipinski definition) is 4. The van der Waals surface area contributed by atoms with E-state index in [1.807, 2.05) is 13.1 Å². The van der Waals surface area contributed by atoms with Gasteiger partial charge in [-0.15, -0.1) is 0 Å². The molecule has 3 rings (SSSR count). The van der Waals surface area contributed by atoms with Gasteiger partial charge in [0.25, 0.3) is 0 Å². The van der Waals surface area contributed by atoms with Gasteiger partial charge in [-0.25, -0.2) is 4.98 Å². The van der Waals surface area contributed by atoms with E-state index in [4.69, 9.17) is 9.72 Å². The maximum Gasteiger partial charge on any atom is 0.221 e. The van der Waals surface area contributed by atoms with Crippen molar-refractivity contribution in [3.05, 3.63) is 36.0 Å². The standard InChI is InChI=1S/C17H23N3O/c1-18-12-14-11-13-5-3-4-6-16(13)17(19-14)21-15-7-9-20(2)10-8-15/h3-6,11,15,18H,7-10,12H2,1-2H3. The normalized spacial score (nSPS) is 17.2. The van der Waals surface area contributed by atoms with E-state index in [1.54, 1.807) is 0 Å². The molecule has 1 fully saturated rings. The molecule has 1 N–H and O–H groups in total. The van der Waals surface area contributed by atoms with Crippen LogP contribution in [0.5, 0.6) is 5.88 Å². The van der Waals surface area contributed by atoms with Crippen molar-refractivity contribution in [2.24, 2.45) is 0 Å². The monoisotopic (exact) mass is 285 g/mol. The molecule has 112 valence electrons. The Bertz CT molecular complexity index is 606. The van der Waals surface area contributed by atoms with Gasteiger partial charge in [0.1, 0.15) is 6.10 Å². The molecule has 1 aromatic heterocycles. The van der Waals surface area contributed by atoms with Crippen LogP contribution in [0.2, 0.25) is 0 Å². The highest BCUT2D eigenvalue weighted by Crippen LogP contribution is 2.27. The number of hydrogen-bond donors (Lipinski definition) is 1. The number of nitrogens with one attached hydrogen (secondary N) is 1. The molecule has 21 heavy (non-hydrogen) atoms. The predicted octanol–water partition coefficient (Wildman–Crippen LogP) is 2.43. The predicted molar refractivity (Wildman–Crippen MR) is 85.7 cm³/mol. The van der Waals surface area contributed by atoms with Crippen LogP contribution in [0.15, 0.2) is 30.3 Å². The number of pyridine rings is 1. The summed E-state index contributed by atoms with van der Waals surface area (Å²) in [5.41, 5.74) is 1.03. The Hall–Kier alpha value is -1.65. The summed E-state index contributed by atoms with van der Waals surface area (Å²) in [6, 6.07) is 10.5. The summed E-state index contributed by atoms with van der Waals surface area (Å²) in [6.07, 6.45) is 2.42. The van der Waals surface area contributed by atoms with E-state index in [0.717, 1.165) is 49.4 Å². The molecule has 2 heterocycles. The second-order valence-electron chi connectivity index (χ2n) is 5.79. The third kappa shape index (κ3) is 3.34. The van der Waals surface area contributed by atoms with Gasteiger partial charge in [0.05, 0.1) is 5.69 Å². The highest BCUT2D eigenvalue weighted by atomic mass is 16.5. The lowest BCUT2D eigenvalue weighted by Gasteiger charge is -2.29. The lowest BCUT2D eigenvalue weighted by atomic mass is 10.1. The van der Waals surface area contributed by atoms with E-state index in [0.29, 0.717) is 0 Å². The van der Waals surface area contributed by atoms with Gasteiger partial charge in [-0.05, 0) is 44.5 Å². The molecule has 0 aliphatic carbocycles. The molecular formula is C17H23N3O. The van der Waals surface area contributed by atoms with Gasteiger partial charge >= 0.3 is 0 Å². The van der Waals surface area contributed by atoms with Crippen LogP contribution in [0.3, 0.4) is 0 Å². The summed E-state index contributed by atoms with van der Waals surface area (Å²) < 4.78 is 6.24. The summed E-state index contributed by atoms with van der Waals surface area (Å²) in [6.45, 7) is 2.95. The Kier molecular flexibility index (Phi) is 4.36. The number of aromatic nitrogens is 1. The summed E-state index contributed by atoms with van der Waals surface area (Å²) in [5.74, 6) is 0.785. The van der Waals surface area contributed by atoms with Crippen molar-refractivity contribution in [3.63, 3.8) is 0 Å². The molecule has 1 aliphatic rings. The minimum absolute atomic E-state index is 0.280. The first-order valence-corrected chi connectivity index (χ1v) is 7.65. The highest BCUT2D eigenvalue weighted by Gasteiger charge is 2.19. The lowest BCUT2D eigenvalue weighted by Crippen LogP contribution is -2.35. The Morgan fingerprint density at radius 3 is 2.81 bits per heavy atom. The first-order chi connectivity index (χ1) is 10.3. The van der Waals surface area contributed by atoms with Gasteiger partial charge in [0.15, 0.2) is 0 Å². The van der Waals surface area contributed by atoms with E-state index >= 15 is 0 Å². The average Bonchev–Trinajstić information content (AvgIpc) is 2.50. The quantitative estimate of drug-likeness (QED) is 0.936. The van der Waals surface area contributed by atoms with E-state index in [2.05, 4.69) is 41.5 Å². The first kappa shape index (κ1) is 14.3. The van der Waals surface area contributed by atoms with Crippen molar-refractivity contribution in [1.29, 1.82) is 0 Å². The van der Waals surface area contributed by atoms with Crippen LogP contribution < -0.4 is 10.1 Å². The number of rotatable bonds is 4. The molecular weight excluding hydrogens is 262 g/mol. The second-order valence-corrected chi connectivity index (χ2v) is 5.79. The average molecular weight is 285 g/mol. The Morgan fingerprint density at radius 1 is 1.29 bits per heavy atom. The van der Waals surface area contributed by atoms with Crippen LogP contribution in [0.25, 0.3) is 10.8 Å². The zero-order valence-corrected chi connectivity index (χ0v) is 12.8.